The molecule has 2 heterocycles. The van der Waals surface area contributed by atoms with Gasteiger partial charge in [0.2, 0.25) is 18.2 Å². The van der Waals surface area contributed by atoms with Crippen LogP contribution in [0.15, 0.2) is 101 Å². The number of carbonyl (C=O) groups excluding carboxylic acids is 4. The molecule has 3 atom stereocenters. The third kappa shape index (κ3) is 24.2. The molecule has 0 saturated carbocycles. The Hall–Kier alpha value is -6.20. The molecule has 0 spiro atoms. The standard InChI is InChI=1S/C42H58N6O3S.C10H13NO.C4H9N.CH3NO.CH5N/c1-30(33-17-19-34(20-18-33)39-32(3)45-29-52-39)15-12-13-25-44-41(51)40(42(4,5)6)47-38(50)16-11-9-10-14-26-48(8)37-23-21-36(22-24-37)46-31(2)35(28-49)27-43-7;1-7-3-4-8-5-6-10(2,12)9(8)11-7;1-3-4-5-2;2-1-3;1-2/h17-24,27-30,40H,7,9-16,25-26H2,1-6,8H3,(H,44,51)(H,47,50);3-4,12H,5-6H2,1-2H3;3,5H,1,4H2,2H3;1H,(H2,2,3);2H2,1H3/b35-27-,46-31?;;;;/t;10-;;;/m.1.../s1. The highest BCUT2D eigenvalue weighted by Gasteiger charge is 2.34. The van der Waals surface area contributed by atoms with Gasteiger partial charge in [-0.1, -0.05) is 83.4 Å². The number of nitrogens with zero attached hydrogens (tertiary/aromatic N) is 5. The Morgan fingerprint density at radius 2 is 1.64 bits per heavy atom. The molecular formula is C58H88N10O5S. The molecule has 0 bridgehead atoms. The highest BCUT2D eigenvalue weighted by atomic mass is 32.1. The van der Waals surface area contributed by atoms with E-state index in [4.69, 9.17) is 4.79 Å². The molecule has 1 aliphatic carbocycles. The minimum absolute atomic E-state index is 0.0768. The fourth-order valence-electron chi connectivity index (χ4n) is 7.87. The number of fused-ring (bicyclic) bond motifs is 1. The van der Waals surface area contributed by atoms with Gasteiger partial charge in [0.05, 0.1) is 38.7 Å². The normalized spacial score (nSPS) is 14.5. The van der Waals surface area contributed by atoms with Crippen molar-refractivity contribution in [3.63, 3.8) is 0 Å². The molecule has 4 aromatic rings. The van der Waals surface area contributed by atoms with Crippen molar-refractivity contribution in [2.24, 2.45) is 26.9 Å². The zero-order chi connectivity index (χ0) is 55.7. The molecule has 2 aromatic heterocycles. The van der Waals surface area contributed by atoms with Crippen molar-refractivity contribution in [2.75, 3.05) is 45.7 Å². The molecule has 16 heteroatoms. The maximum Gasteiger partial charge on any atom is 0.243 e. The average molecular weight is 1040 g/mol. The van der Waals surface area contributed by atoms with Crippen molar-refractivity contribution in [1.29, 1.82) is 0 Å². The lowest BCUT2D eigenvalue weighted by Crippen LogP contribution is -2.53. The molecule has 5 rings (SSSR count). The summed E-state index contributed by atoms with van der Waals surface area (Å²) in [6.45, 7) is 25.1. The van der Waals surface area contributed by atoms with Gasteiger partial charge in [0, 0.05) is 50.7 Å². The molecule has 8 N–H and O–H groups in total. The summed E-state index contributed by atoms with van der Waals surface area (Å²) in [6.07, 6.45) is 13.1. The van der Waals surface area contributed by atoms with Gasteiger partial charge in [-0.3, -0.25) is 34.1 Å². The Kier molecular flexibility index (Phi) is 31.9. The third-order valence-corrected chi connectivity index (χ3v) is 13.1. The van der Waals surface area contributed by atoms with E-state index in [-0.39, 0.29) is 18.2 Å². The number of carbonyl (C=O) groups is 4. The lowest BCUT2D eigenvalue weighted by Gasteiger charge is -2.30. The topological polar surface area (TPSA) is 230 Å². The van der Waals surface area contributed by atoms with Crippen LogP contribution in [0, 0.1) is 19.3 Å². The van der Waals surface area contributed by atoms with Crippen molar-refractivity contribution >= 4 is 59.7 Å². The fraction of sp³-hybridized carbons (Fsp3) is 0.483. The number of aryl methyl sites for hydroxylation is 3. The Labute approximate surface area is 447 Å². The number of primary amides is 1. The number of anilines is 1. The van der Waals surface area contributed by atoms with Gasteiger partial charge in [-0.2, -0.15) is 0 Å². The predicted molar refractivity (Wildman–Crippen MR) is 310 cm³/mol. The molecular weight excluding hydrogens is 949 g/mol. The molecule has 0 saturated heterocycles. The number of aromatic nitrogens is 2. The van der Waals surface area contributed by atoms with Gasteiger partial charge >= 0.3 is 0 Å². The van der Waals surface area contributed by atoms with Gasteiger partial charge in [0.25, 0.3) is 0 Å². The summed E-state index contributed by atoms with van der Waals surface area (Å²) in [5, 5.41) is 18.9. The molecule has 74 heavy (non-hydrogen) atoms. The summed E-state index contributed by atoms with van der Waals surface area (Å²) in [5.74, 6) is 0.243. The van der Waals surface area contributed by atoms with Crippen LogP contribution in [0.5, 0.6) is 0 Å². The first-order chi connectivity index (χ1) is 35.3. The number of amides is 3. The van der Waals surface area contributed by atoms with Gasteiger partial charge in [-0.05, 0) is 145 Å². The molecule has 0 aliphatic heterocycles. The first-order valence-corrected chi connectivity index (χ1v) is 26.4. The number of allylic oxidation sites excluding steroid dienone is 1. The number of aliphatic imine (C=N–C) groups is 2. The zero-order valence-corrected chi connectivity index (χ0v) is 47.1. The maximum atomic E-state index is 13.2. The third-order valence-electron chi connectivity index (χ3n) is 12.2. The highest BCUT2D eigenvalue weighted by molar-refractivity contribution is 7.13. The Morgan fingerprint density at radius 1 is 0.986 bits per heavy atom. The number of hydrogen-bond donors (Lipinski definition) is 6. The lowest BCUT2D eigenvalue weighted by atomic mass is 9.86. The number of likely N-dealkylation sites (N-methyl/N-ethyl adjacent to an activating group) is 1. The summed E-state index contributed by atoms with van der Waals surface area (Å²) < 4.78 is 0. The lowest BCUT2D eigenvalue weighted by molar-refractivity contribution is -0.131. The summed E-state index contributed by atoms with van der Waals surface area (Å²) in [6, 6.07) is 20.2. The van der Waals surface area contributed by atoms with E-state index in [0.29, 0.717) is 30.2 Å². The summed E-state index contributed by atoms with van der Waals surface area (Å²) in [7, 11) is 5.45. The summed E-state index contributed by atoms with van der Waals surface area (Å²) in [5.41, 5.74) is 19.0. The smallest absolute Gasteiger partial charge is 0.243 e. The van der Waals surface area contributed by atoms with Crippen molar-refractivity contribution in [1.82, 2.24) is 25.9 Å². The Balaban J connectivity index is 0.00000102. The maximum absolute atomic E-state index is 13.2. The molecule has 406 valence electrons. The number of pyridine rings is 1. The molecule has 0 fully saturated rings. The number of nitrogens with one attached hydrogen (secondary N) is 3. The predicted octanol–water partition coefficient (Wildman–Crippen LogP) is 9.61. The summed E-state index contributed by atoms with van der Waals surface area (Å²) >= 11 is 1.67. The molecule has 3 amide bonds. The van der Waals surface area contributed by atoms with E-state index in [1.165, 1.54) is 34.8 Å². The van der Waals surface area contributed by atoms with E-state index in [9.17, 15) is 19.5 Å². The quantitative estimate of drug-likeness (QED) is 0.0135. The molecule has 2 unspecified atom stereocenters. The van der Waals surface area contributed by atoms with Crippen molar-refractivity contribution in [3.8, 4) is 10.4 Å². The van der Waals surface area contributed by atoms with Crippen LogP contribution in [-0.4, -0.2) is 98.8 Å². The van der Waals surface area contributed by atoms with Crippen LogP contribution in [-0.2, 0) is 31.2 Å². The first-order valence-electron chi connectivity index (χ1n) is 25.5. The average Bonchev–Trinajstić information content (AvgIpc) is 3.94. The Bertz CT molecular complexity index is 2350. The van der Waals surface area contributed by atoms with Gasteiger partial charge in [0.1, 0.15) is 11.6 Å². The number of rotatable bonds is 23. The van der Waals surface area contributed by atoms with Gasteiger partial charge in [-0.25, -0.2) is 4.98 Å². The number of benzene rings is 2. The van der Waals surface area contributed by atoms with E-state index in [2.05, 4.69) is 110 Å². The first kappa shape index (κ1) is 65.8. The number of unbranched alkanes of at least 4 members (excludes halogenated alkanes) is 4. The SMILES string of the molecule is C=CCNC.C=N/C=C(/C=O)C(C)=Nc1ccc(N(C)CCCCCCC(=O)NC(C(=O)NCCCCC(C)c2ccc(-c3scnc3C)cc2)C(C)(C)C)cc1.CN.Cc1ccc2c(n1)[C@](C)(O)CC2.NC=O. The zero-order valence-electron chi connectivity index (χ0n) is 46.3. The number of aldehydes is 1. The molecule has 15 nitrogen and oxygen atoms in total. The Morgan fingerprint density at radius 3 is 2.19 bits per heavy atom. The number of aliphatic hydroxyl groups is 1. The van der Waals surface area contributed by atoms with Crippen LogP contribution >= 0.6 is 11.3 Å². The van der Waals surface area contributed by atoms with Gasteiger partial charge in [-0.15, -0.1) is 17.9 Å². The number of nitrogens with two attached hydrogens (primary N) is 2. The van der Waals surface area contributed by atoms with Crippen LogP contribution in [0.25, 0.3) is 10.4 Å². The second kappa shape index (κ2) is 35.9. The molecule has 2 aromatic carbocycles. The molecule has 0 radical (unpaired) electrons. The van der Waals surface area contributed by atoms with Crippen LogP contribution in [0.2, 0.25) is 0 Å². The monoisotopic (exact) mass is 1040 g/mol. The van der Waals surface area contributed by atoms with Gasteiger partial charge < -0.3 is 37.4 Å². The van der Waals surface area contributed by atoms with Crippen LogP contribution in [0.3, 0.4) is 0 Å². The summed E-state index contributed by atoms with van der Waals surface area (Å²) in [4.78, 5) is 66.1. The number of hydrogen-bond acceptors (Lipinski definition) is 13. The van der Waals surface area contributed by atoms with Crippen molar-refractivity contribution in [3.05, 3.63) is 119 Å². The van der Waals surface area contributed by atoms with Crippen molar-refractivity contribution in [2.45, 2.75) is 137 Å². The molecule has 1 aliphatic rings. The highest BCUT2D eigenvalue weighted by Crippen LogP contribution is 2.35. The van der Waals surface area contributed by atoms with E-state index in [0.717, 1.165) is 106 Å². The van der Waals surface area contributed by atoms with Crippen LogP contribution in [0.4, 0.5) is 11.4 Å². The van der Waals surface area contributed by atoms with Crippen LogP contribution in [0.1, 0.15) is 133 Å². The van der Waals surface area contributed by atoms with Crippen LogP contribution < -0.4 is 32.3 Å². The van der Waals surface area contributed by atoms with E-state index >= 15 is 0 Å². The second-order valence-electron chi connectivity index (χ2n) is 19.3. The minimum atomic E-state index is -0.693. The fourth-order valence-corrected chi connectivity index (χ4v) is 8.68. The minimum Gasteiger partial charge on any atom is -0.384 e. The van der Waals surface area contributed by atoms with Crippen molar-refractivity contribution < 1.29 is 24.3 Å². The van der Waals surface area contributed by atoms with Gasteiger partial charge in [0.15, 0.2) is 6.29 Å². The second-order valence-corrected chi connectivity index (χ2v) is 20.2. The van der Waals surface area contributed by atoms with E-state index < -0.39 is 17.1 Å². The van der Waals surface area contributed by atoms with E-state index in [1.807, 2.05) is 90.5 Å². The largest absolute Gasteiger partial charge is 0.384 e. The van der Waals surface area contributed by atoms with E-state index in [1.54, 1.807) is 18.3 Å². The number of thiazole rings is 1.